The van der Waals surface area contributed by atoms with Crippen molar-refractivity contribution in [3.8, 4) is 0 Å². The molecule has 1 fully saturated rings. The summed E-state index contributed by atoms with van der Waals surface area (Å²) in [5, 5.41) is 3.37. The van der Waals surface area contributed by atoms with Gasteiger partial charge in [0, 0.05) is 0 Å². The fourth-order valence-corrected chi connectivity index (χ4v) is 3.66. The molecule has 110 valence electrons. The number of nitrogens with two attached hydrogens (primary N) is 2. The van der Waals surface area contributed by atoms with E-state index < -0.39 is 5.54 Å². The van der Waals surface area contributed by atoms with Crippen molar-refractivity contribution in [3.05, 3.63) is 0 Å². The second-order valence-corrected chi connectivity index (χ2v) is 6.26. The van der Waals surface area contributed by atoms with Crippen LogP contribution in [-0.4, -0.2) is 35.4 Å². The molecule has 6 heteroatoms. The molecule has 5 N–H and O–H groups in total. The van der Waals surface area contributed by atoms with E-state index in [9.17, 15) is 9.59 Å². The molecule has 1 saturated carbocycles. The van der Waals surface area contributed by atoms with Crippen LogP contribution in [-0.2, 0) is 9.59 Å². The highest BCUT2D eigenvalue weighted by atomic mass is 32.2. The summed E-state index contributed by atoms with van der Waals surface area (Å²) in [4.78, 5) is 22.5. The second-order valence-electron chi connectivity index (χ2n) is 5.16. The van der Waals surface area contributed by atoms with E-state index in [1.54, 1.807) is 0 Å². The number of carbonyl (C=O) groups excluding carboxylic acids is 2. The van der Waals surface area contributed by atoms with Crippen molar-refractivity contribution in [2.75, 3.05) is 18.1 Å². The Labute approximate surface area is 119 Å². The first-order valence-electron chi connectivity index (χ1n) is 6.94. The minimum atomic E-state index is -0.538. The van der Waals surface area contributed by atoms with Crippen LogP contribution in [0.5, 0.6) is 0 Å². The minimum Gasteiger partial charge on any atom is -0.369 e. The Morgan fingerprint density at radius 3 is 2.74 bits per heavy atom. The van der Waals surface area contributed by atoms with Gasteiger partial charge in [0.15, 0.2) is 0 Å². The fraction of sp³-hybridized carbons (Fsp3) is 0.846. The predicted octanol–water partition coefficient (Wildman–Crippen LogP) is 0.619. The number of primary amides is 2. The third-order valence-corrected chi connectivity index (χ3v) is 4.82. The highest BCUT2D eigenvalue weighted by molar-refractivity contribution is 7.99. The highest BCUT2D eigenvalue weighted by Crippen LogP contribution is 2.38. The Kier molecular flexibility index (Phi) is 6.65. The van der Waals surface area contributed by atoms with E-state index in [2.05, 4.69) is 12.2 Å². The summed E-state index contributed by atoms with van der Waals surface area (Å²) >= 11 is 1.53. The number of thioether (sulfide) groups is 1. The summed E-state index contributed by atoms with van der Waals surface area (Å²) in [6.07, 6.45) is 4.77. The van der Waals surface area contributed by atoms with Crippen LogP contribution in [0.1, 0.15) is 39.0 Å². The van der Waals surface area contributed by atoms with Gasteiger partial charge < -0.3 is 16.8 Å². The SMILES string of the molecule is CCCNC1(C(N)=O)CCCC1CCSCC(N)=O. The van der Waals surface area contributed by atoms with Gasteiger partial charge >= 0.3 is 0 Å². The van der Waals surface area contributed by atoms with Gasteiger partial charge in [0.05, 0.1) is 5.75 Å². The number of nitrogens with one attached hydrogen (secondary N) is 1. The molecular weight excluding hydrogens is 262 g/mol. The van der Waals surface area contributed by atoms with E-state index in [4.69, 9.17) is 11.5 Å². The zero-order valence-electron chi connectivity index (χ0n) is 11.6. The maximum Gasteiger partial charge on any atom is 0.238 e. The van der Waals surface area contributed by atoms with Crippen molar-refractivity contribution in [2.24, 2.45) is 17.4 Å². The number of carbonyl (C=O) groups is 2. The molecule has 1 aliphatic carbocycles. The first-order valence-corrected chi connectivity index (χ1v) is 8.09. The lowest BCUT2D eigenvalue weighted by atomic mass is 9.84. The molecule has 0 aliphatic heterocycles. The molecule has 5 nitrogen and oxygen atoms in total. The Hall–Kier alpha value is -0.750. The quantitative estimate of drug-likeness (QED) is 0.541. The van der Waals surface area contributed by atoms with Gasteiger partial charge in [-0.15, -0.1) is 0 Å². The van der Waals surface area contributed by atoms with Crippen molar-refractivity contribution in [1.29, 1.82) is 0 Å². The van der Waals surface area contributed by atoms with Gasteiger partial charge in [-0.3, -0.25) is 9.59 Å². The molecule has 0 radical (unpaired) electrons. The summed E-state index contributed by atoms with van der Waals surface area (Å²) in [7, 11) is 0. The van der Waals surface area contributed by atoms with E-state index in [-0.39, 0.29) is 17.7 Å². The van der Waals surface area contributed by atoms with Crippen LogP contribution >= 0.6 is 11.8 Å². The van der Waals surface area contributed by atoms with Gasteiger partial charge in [-0.25, -0.2) is 0 Å². The minimum absolute atomic E-state index is 0.233. The largest absolute Gasteiger partial charge is 0.369 e. The van der Waals surface area contributed by atoms with Crippen molar-refractivity contribution in [1.82, 2.24) is 5.32 Å². The maximum absolute atomic E-state index is 11.9. The zero-order chi connectivity index (χ0) is 14.3. The molecule has 2 atom stereocenters. The standard InChI is InChI=1S/C13H25N3O2S/c1-2-7-16-13(12(15)18)6-3-4-10(13)5-8-19-9-11(14)17/h10,16H,2-9H2,1H3,(H2,14,17)(H2,15,18). The van der Waals surface area contributed by atoms with Gasteiger partial charge in [0.25, 0.3) is 0 Å². The van der Waals surface area contributed by atoms with E-state index in [1.807, 2.05) is 0 Å². The Morgan fingerprint density at radius 2 is 2.16 bits per heavy atom. The normalized spacial score (nSPS) is 26.5. The molecule has 0 saturated heterocycles. The lowest BCUT2D eigenvalue weighted by molar-refractivity contribution is -0.126. The molecule has 1 rings (SSSR count). The van der Waals surface area contributed by atoms with Crippen LogP contribution in [0.25, 0.3) is 0 Å². The van der Waals surface area contributed by atoms with E-state index in [0.717, 1.165) is 44.4 Å². The van der Waals surface area contributed by atoms with Gasteiger partial charge in [-0.2, -0.15) is 11.8 Å². The molecule has 0 aromatic carbocycles. The number of hydrogen-bond acceptors (Lipinski definition) is 4. The second kappa shape index (κ2) is 7.75. The van der Waals surface area contributed by atoms with Crippen LogP contribution in [0.3, 0.4) is 0 Å². The molecule has 0 spiro atoms. The average molecular weight is 287 g/mol. The van der Waals surface area contributed by atoms with Crippen LogP contribution in [0.4, 0.5) is 0 Å². The molecule has 0 heterocycles. The van der Waals surface area contributed by atoms with E-state index in [0.29, 0.717) is 5.75 Å². The molecule has 19 heavy (non-hydrogen) atoms. The van der Waals surface area contributed by atoms with Crippen LogP contribution in [0.2, 0.25) is 0 Å². The van der Waals surface area contributed by atoms with Gasteiger partial charge in [-0.1, -0.05) is 13.3 Å². The first kappa shape index (κ1) is 16.3. The van der Waals surface area contributed by atoms with Crippen molar-refractivity contribution >= 4 is 23.6 Å². The summed E-state index contributed by atoms with van der Waals surface area (Å²) in [6, 6.07) is 0. The molecule has 2 amide bonds. The average Bonchev–Trinajstić information content (AvgIpc) is 2.76. The van der Waals surface area contributed by atoms with Crippen LogP contribution in [0.15, 0.2) is 0 Å². The Morgan fingerprint density at radius 1 is 1.42 bits per heavy atom. The Balaban J connectivity index is 2.53. The zero-order valence-corrected chi connectivity index (χ0v) is 12.4. The summed E-state index contributed by atoms with van der Waals surface area (Å²) in [5.41, 5.74) is 10.2. The van der Waals surface area contributed by atoms with Crippen LogP contribution < -0.4 is 16.8 Å². The first-order chi connectivity index (χ1) is 9.03. The Bertz CT molecular complexity index is 325. The smallest absolute Gasteiger partial charge is 0.238 e. The maximum atomic E-state index is 11.9. The lowest BCUT2D eigenvalue weighted by Gasteiger charge is -2.33. The molecule has 0 aromatic rings. The number of amides is 2. The third-order valence-electron chi connectivity index (χ3n) is 3.81. The van der Waals surface area contributed by atoms with E-state index in [1.165, 1.54) is 11.8 Å². The van der Waals surface area contributed by atoms with Crippen molar-refractivity contribution < 1.29 is 9.59 Å². The number of rotatable bonds is 9. The van der Waals surface area contributed by atoms with Crippen molar-refractivity contribution in [3.63, 3.8) is 0 Å². The van der Waals surface area contributed by atoms with Gasteiger partial charge in [-0.05, 0) is 43.9 Å². The van der Waals surface area contributed by atoms with Gasteiger partial charge in [0.1, 0.15) is 5.54 Å². The fourth-order valence-electron chi connectivity index (χ4n) is 2.86. The van der Waals surface area contributed by atoms with Gasteiger partial charge in [0.2, 0.25) is 11.8 Å². The molecule has 0 aromatic heterocycles. The van der Waals surface area contributed by atoms with Crippen molar-refractivity contribution in [2.45, 2.75) is 44.6 Å². The van der Waals surface area contributed by atoms with Crippen LogP contribution in [0, 0.1) is 5.92 Å². The summed E-state index contributed by atoms with van der Waals surface area (Å²) in [5.74, 6) is 0.941. The molecule has 2 unspecified atom stereocenters. The topological polar surface area (TPSA) is 98.2 Å². The molecular formula is C13H25N3O2S. The predicted molar refractivity (Wildman–Crippen MR) is 78.7 cm³/mol. The summed E-state index contributed by atoms with van der Waals surface area (Å²) < 4.78 is 0. The molecule has 1 aliphatic rings. The highest BCUT2D eigenvalue weighted by Gasteiger charge is 2.46. The number of hydrogen-bond donors (Lipinski definition) is 3. The third kappa shape index (κ3) is 4.38. The summed E-state index contributed by atoms with van der Waals surface area (Å²) in [6.45, 7) is 2.89. The molecule has 0 bridgehead atoms. The lowest BCUT2D eigenvalue weighted by Crippen LogP contribution is -2.58. The monoisotopic (exact) mass is 287 g/mol. The van der Waals surface area contributed by atoms with E-state index >= 15 is 0 Å².